The number of carbonyl (C=O) groups is 3. The molecule has 0 radical (unpaired) electrons. The van der Waals surface area contributed by atoms with E-state index in [4.69, 9.17) is 4.74 Å². The van der Waals surface area contributed by atoms with E-state index < -0.39 is 17.8 Å². The molecule has 3 rings (SSSR count). The van der Waals surface area contributed by atoms with Crippen molar-refractivity contribution in [2.75, 3.05) is 23.4 Å². The minimum absolute atomic E-state index is 0.0840. The summed E-state index contributed by atoms with van der Waals surface area (Å²) in [6, 6.07) is 12.9. The minimum atomic E-state index is -0.574. The van der Waals surface area contributed by atoms with Crippen LogP contribution < -0.4 is 10.2 Å². The molecular weight excluding hydrogens is 424 g/mol. The van der Waals surface area contributed by atoms with Crippen LogP contribution in [0.2, 0.25) is 0 Å². The van der Waals surface area contributed by atoms with E-state index in [1.165, 1.54) is 0 Å². The van der Waals surface area contributed by atoms with Gasteiger partial charge in [-0.05, 0) is 49.2 Å². The molecule has 2 aromatic carbocycles. The van der Waals surface area contributed by atoms with Crippen molar-refractivity contribution in [3.63, 3.8) is 0 Å². The number of rotatable bonds is 5. The minimum Gasteiger partial charge on any atom is -0.455 e. The molecule has 0 saturated carbocycles. The molecule has 0 aromatic heterocycles. The molecule has 7 heteroatoms. The number of anilines is 2. The van der Waals surface area contributed by atoms with Crippen LogP contribution in [-0.2, 0) is 19.1 Å². The molecule has 1 N–H and O–H groups in total. The van der Waals surface area contributed by atoms with Gasteiger partial charge >= 0.3 is 5.97 Å². The summed E-state index contributed by atoms with van der Waals surface area (Å²) in [6.45, 7) is 3.71. The quantitative estimate of drug-likeness (QED) is 0.714. The lowest BCUT2D eigenvalue weighted by atomic mass is 10.1. The van der Waals surface area contributed by atoms with Crippen molar-refractivity contribution < 1.29 is 19.1 Å². The van der Waals surface area contributed by atoms with Gasteiger partial charge in [0.15, 0.2) is 6.61 Å². The van der Waals surface area contributed by atoms with Crippen LogP contribution in [0.1, 0.15) is 17.5 Å². The Bertz CT molecular complexity index is 928. The van der Waals surface area contributed by atoms with Crippen LogP contribution in [0.25, 0.3) is 0 Å². The molecule has 1 saturated heterocycles. The second-order valence-electron chi connectivity index (χ2n) is 6.81. The SMILES string of the molecule is Cc1cc(NC(=O)COC(=O)[C@H]2CC(=O)N(c3ccccc3C)C2)ccc1Br. The molecule has 1 heterocycles. The molecule has 0 aliphatic carbocycles. The summed E-state index contributed by atoms with van der Waals surface area (Å²) in [4.78, 5) is 38.3. The predicted molar refractivity (Wildman–Crippen MR) is 110 cm³/mol. The van der Waals surface area contributed by atoms with Gasteiger partial charge in [0.2, 0.25) is 5.91 Å². The third-order valence-electron chi connectivity index (χ3n) is 4.65. The van der Waals surface area contributed by atoms with E-state index in [1.54, 1.807) is 11.0 Å². The Labute approximate surface area is 172 Å². The molecule has 0 unspecified atom stereocenters. The Morgan fingerprint density at radius 3 is 2.64 bits per heavy atom. The first-order chi connectivity index (χ1) is 13.3. The van der Waals surface area contributed by atoms with Gasteiger partial charge in [0.25, 0.3) is 5.91 Å². The number of para-hydroxylation sites is 1. The Morgan fingerprint density at radius 1 is 1.18 bits per heavy atom. The Kier molecular flexibility index (Phi) is 6.14. The van der Waals surface area contributed by atoms with E-state index in [-0.39, 0.29) is 25.5 Å². The van der Waals surface area contributed by atoms with Crippen molar-refractivity contribution in [2.45, 2.75) is 20.3 Å². The summed E-state index contributed by atoms with van der Waals surface area (Å²) in [6.07, 6.45) is 0.0840. The monoisotopic (exact) mass is 444 g/mol. The zero-order valence-corrected chi connectivity index (χ0v) is 17.3. The van der Waals surface area contributed by atoms with Gasteiger partial charge in [0.05, 0.1) is 5.92 Å². The lowest BCUT2D eigenvalue weighted by Crippen LogP contribution is -2.28. The number of nitrogens with one attached hydrogen (secondary N) is 1. The molecule has 146 valence electrons. The molecular formula is C21H21BrN2O4. The standard InChI is InChI=1S/C21H21BrN2O4/c1-13-5-3-4-6-18(13)24-11-15(10-20(24)26)21(27)28-12-19(25)23-16-7-8-17(22)14(2)9-16/h3-9,15H,10-12H2,1-2H3,(H,23,25)/t15-/m0/s1. The summed E-state index contributed by atoms with van der Waals surface area (Å²) in [5.74, 6) is -1.65. The number of ether oxygens (including phenoxy) is 1. The normalized spacial score (nSPS) is 16.2. The van der Waals surface area contributed by atoms with Crippen LogP contribution >= 0.6 is 15.9 Å². The van der Waals surface area contributed by atoms with Crippen LogP contribution in [0.3, 0.4) is 0 Å². The number of carbonyl (C=O) groups excluding carboxylic acids is 3. The summed E-state index contributed by atoms with van der Waals surface area (Å²) < 4.78 is 6.08. The summed E-state index contributed by atoms with van der Waals surface area (Å²) >= 11 is 3.40. The fourth-order valence-corrected chi connectivity index (χ4v) is 3.39. The predicted octanol–water partition coefficient (Wildman–Crippen LogP) is 3.60. The van der Waals surface area contributed by atoms with Crippen molar-refractivity contribution >= 4 is 45.1 Å². The van der Waals surface area contributed by atoms with Gasteiger partial charge in [-0.25, -0.2) is 0 Å². The van der Waals surface area contributed by atoms with Crippen LogP contribution in [0.5, 0.6) is 0 Å². The Morgan fingerprint density at radius 2 is 1.93 bits per heavy atom. The van der Waals surface area contributed by atoms with E-state index in [0.29, 0.717) is 5.69 Å². The second-order valence-corrected chi connectivity index (χ2v) is 7.67. The molecule has 6 nitrogen and oxygen atoms in total. The number of amides is 2. The van der Waals surface area contributed by atoms with Crippen molar-refractivity contribution in [3.05, 3.63) is 58.1 Å². The van der Waals surface area contributed by atoms with E-state index in [2.05, 4.69) is 21.2 Å². The maximum absolute atomic E-state index is 12.3. The smallest absolute Gasteiger partial charge is 0.311 e. The third-order valence-corrected chi connectivity index (χ3v) is 5.54. The fraction of sp³-hybridized carbons (Fsp3) is 0.286. The van der Waals surface area contributed by atoms with Gasteiger partial charge in [0, 0.05) is 28.8 Å². The zero-order chi connectivity index (χ0) is 20.3. The van der Waals surface area contributed by atoms with Gasteiger partial charge in [-0.3, -0.25) is 14.4 Å². The highest BCUT2D eigenvalue weighted by Gasteiger charge is 2.36. The van der Waals surface area contributed by atoms with Crippen LogP contribution in [0.4, 0.5) is 11.4 Å². The molecule has 1 aliphatic rings. The fourth-order valence-electron chi connectivity index (χ4n) is 3.14. The van der Waals surface area contributed by atoms with Crippen molar-refractivity contribution in [1.29, 1.82) is 0 Å². The average Bonchev–Trinajstić information content (AvgIpc) is 3.05. The third kappa shape index (κ3) is 4.59. The number of halogens is 1. The number of nitrogens with zero attached hydrogens (tertiary/aromatic N) is 1. The van der Waals surface area contributed by atoms with Gasteiger partial charge in [0.1, 0.15) is 0 Å². The lowest BCUT2D eigenvalue weighted by Gasteiger charge is -2.18. The molecule has 2 amide bonds. The number of hydrogen-bond acceptors (Lipinski definition) is 4. The number of hydrogen-bond donors (Lipinski definition) is 1. The van der Waals surface area contributed by atoms with Crippen molar-refractivity contribution in [1.82, 2.24) is 0 Å². The van der Waals surface area contributed by atoms with E-state index in [0.717, 1.165) is 21.3 Å². The van der Waals surface area contributed by atoms with Crippen molar-refractivity contribution in [3.8, 4) is 0 Å². The first kappa shape index (κ1) is 20.1. The Balaban J connectivity index is 1.54. The second kappa shape index (κ2) is 8.56. The topological polar surface area (TPSA) is 75.7 Å². The molecule has 1 aliphatic heterocycles. The molecule has 28 heavy (non-hydrogen) atoms. The summed E-state index contributed by atoms with van der Waals surface area (Å²) in [5, 5.41) is 2.69. The van der Waals surface area contributed by atoms with Crippen LogP contribution in [0, 0.1) is 19.8 Å². The summed E-state index contributed by atoms with van der Waals surface area (Å²) in [7, 11) is 0. The number of esters is 1. The van der Waals surface area contributed by atoms with E-state index >= 15 is 0 Å². The van der Waals surface area contributed by atoms with Gasteiger partial charge in [-0.1, -0.05) is 34.1 Å². The molecule has 1 fully saturated rings. The molecule has 0 bridgehead atoms. The summed E-state index contributed by atoms with van der Waals surface area (Å²) in [5.41, 5.74) is 3.37. The Hall–Kier alpha value is -2.67. The number of benzene rings is 2. The van der Waals surface area contributed by atoms with Crippen molar-refractivity contribution in [2.24, 2.45) is 5.92 Å². The van der Waals surface area contributed by atoms with Crippen LogP contribution in [0.15, 0.2) is 46.9 Å². The highest BCUT2D eigenvalue weighted by molar-refractivity contribution is 9.10. The highest BCUT2D eigenvalue weighted by Crippen LogP contribution is 2.28. The van der Waals surface area contributed by atoms with Gasteiger partial charge in [-0.2, -0.15) is 0 Å². The maximum atomic E-state index is 12.3. The maximum Gasteiger partial charge on any atom is 0.311 e. The first-order valence-corrected chi connectivity index (χ1v) is 9.73. The van der Waals surface area contributed by atoms with E-state index in [9.17, 15) is 14.4 Å². The van der Waals surface area contributed by atoms with Gasteiger partial charge in [-0.15, -0.1) is 0 Å². The van der Waals surface area contributed by atoms with Crippen LogP contribution in [-0.4, -0.2) is 30.9 Å². The average molecular weight is 445 g/mol. The molecule has 0 spiro atoms. The highest BCUT2D eigenvalue weighted by atomic mass is 79.9. The largest absolute Gasteiger partial charge is 0.455 e. The zero-order valence-electron chi connectivity index (χ0n) is 15.7. The molecule has 1 atom stereocenters. The molecule has 2 aromatic rings. The van der Waals surface area contributed by atoms with Gasteiger partial charge < -0.3 is 15.0 Å². The van der Waals surface area contributed by atoms with E-state index in [1.807, 2.05) is 50.2 Å². The number of aryl methyl sites for hydroxylation is 2. The first-order valence-electron chi connectivity index (χ1n) is 8.94. The lowest BCUT2D eigenvalue weighted by molar-refractivity contribution is -0.151.